The Hall–Kier alpha value is -3.48. The molecule has 1 aliphatic heterocycles. The van der Waals surface area contributed by atoms with Gasteiger partial charge >= 0.3 is 0 Å². The Morgan fingerprint density at radius 3 is 2.48 bits per heavy atom. The first-order valence-electron chi connectivity index (χ1n) is 10.4. The normalized spacial score (nSPS) is 14.4. The van der Waals surface area contributed by atoms with Crippen molar-refractivity contribution in [2.75, 3.05) is 39.2 Å². The van der Waals surface area contributed by atoms with E-state index in [1.165, 1.54) is 0 Å². The molecule has 160 valence electrons. The van der Waals surface area contributed by atoms with Gasteiger partial charge < -0.3 is 14.5 Å². The lowest BCUT2D eigenvalue weighted by Crippen LogP contribution is -2.38. The summed E-state index contributed by atoms with van der Waals surface area (Å²) in [7, 11) is 5.58. The van der Waals surface area contributed by atoms with Gasteiger partial charge in [0.1, 0.15) is 11.6 Å². The van der Waals surface area contributed by atoms with Gasteiger partial charge in [0, 0.05) is 68.4 Å². The average molecular weight is 418 g/mol. The van der Waals surface area contributed by atoms with Gasteiger partial charge in [0.25, 0.3) is 5.91 Å². The molecule has 3 heterocycles. The number of carbonyl (C=O) groups excluding carboxylic acids is 1. The summed E-state index contributed by atoms with van der Waals surface area (Å²) in [5.41, 5.74) is 2.64. The maximum atomic E-state index is 12.9. The van der Waals surface area contributed by atoms with Gasteiger partial charge in [-0.1, -0.05) is 6.07 Å². The number of hydrogen-bond donors (Lipinski definition) is 0. The van der Waals surface area contributed by atoms with Crippen molar-refractivity contribution in [2.24, 2.45) is 0 Å². The van der Waals surface area contributed by atoms with E-state index >= 15 is 0 Å². The molecule has 4 rings (SSSR count). The van der Waals surface area contributed by atoms with Gasteiger partial charge in [-0.25, -0.2) is 9.97 Å². The fourth-order valence-electron chi connectivity index (χ4n) is 3.84. The Kier molecular flexibility index (Phi) is 6.11. The highest BCUT2D eigenvalue weighted by Crippen LogP contribution is 2.31. The third-order valence-electron chi connectivity index (χ3n) is 5.65. The van der Waals surface area contributed by atoms with Crippen LogP contribution < -0.4 is 9.64 Å². The van der Waals surface area contributed by atoms with E-state index in [-0.39, 0.29) is 11.8 Å². The number of pyridine rings is 1. The van der Waals surface area contributed by atoms with Gasteiger partial charge in [0.15, 0.2) is 5.82 Å². The maximum Gasteiger partial charge on any atom is 0.253 e. The fourth-order valence-corrected chi connectivity index (χ4v) is 3.84. The second-order valence-corrected chi connectivity index (χ2v) is 7.90. The van der Waals surface area contributed by atoms with Crippen molar-refractivity contribution in [2.45, 2.75) is 18.8 Å². The van der Waals surface area contributed by atoms with E-state index in [1.807, 2.05) is 54.2 Å². The third kappa shape index (κ3) is 4.66. The SMILES string of the molecule is COc1cccc(C(=O)N2CCC(c3cc(N(C)C)nc(-c4ccncc4)n3)CC2)c1. The number of rotatable bonds is 5. The number of amides is 1. The van der Waals surface area contributed by atoms with Crippen LogP contribution in [0.3, 0.4) is 0 Å². The Balaban J connectivity index is 1.51. The molecular weight excluding hydrogens is 390 g/mol. The summed E-state index contributed by atoms with van der Waals surface area (Å²) in [6.07, 6.45) is 5.25. The molecule has 0 N–H and O–H groups in total. The van der Waals surface area contributed by atoms with Crippen LogP contribution in [0.15, 0.2) is 54.9 Å². The number of nitrogens with zero attached hydrogens (tertiary/aromatic N) is 5. The predicted molar refractivity (Wildman–Crippen MR) is 120 cm³/mol. The fraction of sp³-hybridized carbons (Fsp3) is 0.333. The quantitative estimate of drug-likeness (QED) is 0.631. The summed E-state index contributed by atoms with van der Waals surface area (Å²) in [4.78, 5) is 30.5. The van der Waals surface area contributed by atoms with E-state index in [9.17, 15) is 4.79 Å². The van der Waals surface area contributed by atoms with Crippen molar-refractivity contribution >= 4 is 11.7 Å². The largest absolute Gasteiger partial charge is 0.497 e. The van der Waals surface area contributed by atoms with Crippen LogP contribution in [0.2, 0.25) is 0 Å². The Morgan fingerprint density at radius 2 is 1.81 bits per heavy atom. The zero-order valence-electron chi connectivity index (χ0n) is 18.2. The first kappa shape index (κ1) is 20.8. The van der Waals surface area contributed by atoms with E-state index in [1.54, 1.807) is 25.6 Å². The molecule has 2 aromatic heterocycles. The zero-order valence-corrected chi connectivity index (χ0v) is 18.2. The highest BCUT2D eigenvalue weighted by Gasteiger charge is 2.26. The van der Waals surface area contributed by atoms with Crippen molar-refractivity contribution in [3.63, 3.8) is 0 Å². The number of hydrogen-bond acceptors (Lipinski definition) is 6. The van der Waals surface area contributed by atoms with E-state index in [4.69, 9.17) is 14.7 Å². The number of anilines is 1. The summed E-state index contributed by atoms with van der Waals surface area (Å²) in [6.45, 7) is 1.40. The lowest BCUT2D eigenvalue weighted by molar-refractivity contribution is 0.0711. The van der Waals surface area contributed by atoms with Crippen LogP contribution in [0.25, 0.3) is 11.4 Å². The lowest BCUT2D eigenvalue weighted by Gasteiger charge is -2.32. The molecular formula is C24H27N5O2. The molecule has 31 heavy (non-hydrogen) atoms. The van der Waals surface area contributed by atoms with Crippen molar-refractivity contribution < 1.29 is 9.53 Å². The summed E-state index contributed by atoms with van der Waals surface area (Å²) >= 11 is 0. The molecule has 0 aliphatic carbocycles. The van der Waals surface area contributed by atoms with Gasteiger partial charge in [-0.15, -0.1) is 0 Å². The minimum Gasteiger partial charge on any atom is -0.497 e. The van der Waals surface area contributed by atoms with Crippen LogP contribution in [0, 0.1) is 0 Å². The molecule has 1 saturated heterocycles. The molecule has 0 unspecified atom stereocenters. The first-order chi connectivity index (χ1) is 15.0. The minimum absolute atomic E-state index is 0.0477. The number of benzene rings is 1. The molecule has 0 bridgehead atoms. The van der Waals surface area contributed by atoms with E-state index in [0.717, 1.165) is 29.9 Å². The molecule has 3 aromatic rings. The van der Waals surface area contributed by atoms with Crippen LogP contribution >= 0.6 is 0 Å². The predicted octanol–water partition coefficient (Wildman–Crippen LogP) is 3.63. The summed E-state index contributed by atoms with van der Waals surface area (Å²) < 4.78 is 5.25. The maximum absolute atomic E-state index is 12.9. The van der Waals surface area contributed by atoms with Crippen LogP contribution in [0.5, 0.6) is 5.75 Å². The molecule has 1 amide bonds. The molecule has 1 fully saturated rings. The molecule has 0 radical (unpaired) electrons. The van der Waals surface area contributed by atoms with E-state index in [2.05, 4.69) is 11.1 Å². The number of methoxy groups -OCH3 is 1. The number of likely N-dealkylation sites (tertiary alicyclic amines) is 1. The van der Waals surface area contributed by atoms with Crippen molar-refractivity contribution in [1.29, 1.82) is 0 Å². The summed E-state index contributed by atoms with van der Waals surface area (Å²) in [5.74, 6) is 2.62. The number of piperidine rings is 1. The second kappa shape index (κ2) is 9.12. The molecule has 0 atom stereocenters. The molecule has 0 saturated carbocycles. The molecule has 1 aromatic carbocycles. The van der Waals surface area contributed by atoms with Gasteiger partial charge in [-0.2, -0.15) is 0 Å². The summed E-state index contributed by atoms with van der Waals surface area (Å²) in [6, 6.07) is 13.2. The third-order valence-corrected chi connectivity index (χ3v) is 5.65. The van der Waals surface area contributed by atoms with E-state index in [0.29, 0.717) is 30.2 Å². The monoisotopic (exact) mass is 417 g/mol. The number of ether oxygens (including phenoxy) is 1. The molecule has 7 nitrogen and oxygen atoms in total. The van der Waals surface area contributed by atoms with Crippen LogP contribution in [0.4, 0.5) is 5.82 Å². The topological polar surface area (TPSA) is 71.5 Å². The minimum atomic E-state index is 0.0477. The van der Waals surface area contributed by atoms with Gasteiger partial charge in [0.2, 0.25) is 0 Å². The Labute approximate surface area is 182 Å². The summed E-state index contributed by atoms with van der Waals surface area (Å²) in [5, 5.41) is 0. The zero-order chi connectivity index (χ0) is 21.8. The van der Waals surface area contributed by atoms with Crippen LogP contribution in [-0.4, -0.2) is 60.1 Å². The van der Waals surface area contributed by atoms with Crippen molar-refractivity contribution in [3.05, 3.63) is 66.1 Å². The molecule has 1 aliphatic rings. The van der Waals surface area contributed by atoms with Crippen LogP contribution in [-0.2, 0) is 0 Å². The Morgan fingerprint density at radius 1 is 1.06 bits per heavy atom. The second-order valence-electron chi connectivity index (χ2n) is 7.90. The smallest absolute Gasteiger partial charge is 0.253 e. The highest BCUT2D eigenvalue weighted by atomic mass is 16.5. The van der Waals surface area contributed by atoms with E-state index < -0.39 is 0 Å². The molecule has 0 spiro atoms. The average Bonchev–Trinajstić information content (AvgIpc) is 2.84. The first-order valence-corrected chi connectivity index (χ1v) is 10.4. The Bertz CT molecular complexity index is 1050. The highest BCUT2D eigenvalue weighted by molar-refractivity contribution is 5.94. The standard InChI is InChI=1S/C24H27N5O2/c1-28(2)22-16-21(26-23(27-22)18-7-11-25-12-8-18)17-9-13-29(14-10-17)24(30)19-5-4-6-20(15-19)31-3/h4-8,11-12,15-17H,9-10,13-14H2,1-3H3. The lowest BCUT2D eigenvalue weighted by atomic mass is 9.92. The van der Waals surface area contributed by atoms with Crippen molar-refractivity contribution in [3.8, 4) is 17.1 Å². The van der Waals surface area contributed by atoms with Gasteiger partial charge in [-0.3, -0.25) is 9.78 Å². The van der Waals surface area contributed by atoms with Crippen LogP contribution in [0.1, 0.15) is 34.8 Å². The molecule has 7 heteroatoms. The number of carbonyl (C=O) groups is 1. The number of aromatic nitrogens is 3. The van der Waals surface area contributed by atoms with Gasteiger partial charge in [0.05, 0.1) is 7.11 Å². The van der Waals surface area contributed by atoms with Crippen molar-refractivity contribution in [1.82, 2.24) is 19.9 Å². The van der Waals surface area contributed by atoms with Gasteiger partial charge in [-0.05, 0) is 43.2 Å².